The molecule has 1 fully saturated rings. The van der Waals surface area contributed by atoms with E-state index in [1.54, 1.807) is 14.2 Å². The molecule has 1 amide bonds. The van der Waals surface area contributed by atoms with Crippen molar-refractivity contribution >= 4 is 5.91 Å². The number of nitrogens with zero attached hydrogens (tertiary/aromatic N) is 4. The Hall–Kier alpha value is -3.43. The Kier molecular flexibility index (Phi) is 6.98. The number of nitrogens with one attached hydrogen (secondary N) is 1. The molecule has 1 aromatic heterocycles. The first kappa shape index (κ1) is 21.8. The highest BCUT2D eigenvalue weighted by Crippen LogP contribution is 2.32. The minimum atomic E-state index is -0.272. The average molecular weight is 438 g/mol. The number of benzene rings is 2. The monoisotopic (exact) mass is 437 g/mol. The van der Waals surface area contributed by atoms with Crippen molar-refractivity contribution in [2.24, 2.45) is 0 Å². The Morgan fingerprint density at radius 2 is 1.84 bits per heavy atom. The van der Waals surface area contributed by atoms with E-state index in [9.17, 15) is 4.79 Å². The topological polar surface area (TPSA) is 90.7 Å². The van der Waals surface area contributed by atoms with E-state index in [4.69, 9.17) is 14.2 Å². The summed E-state index contributed by atoms with van der Waals surface area (Å²) in [6.45, 7) is 3.27. The predicted octanol–water partition coefficient (Wildman–Crippen LogP) is 2.09. The summed E-state index contributed by atoms with van der Waals surface area (Å²) in [5, 5.41) is 11.5. The number of morpholine rings is 1. The second kappa shape index (κ2) is 10.3. The van der Waals surface area contributed by atoms with Crippen LogP contribution in [0.1, 0.15) is 22.1 Å². The molecule has 0 saturated carbocycles. The van der Waals surface area contributed by atoms with Crippen molar-refractivity contribution in [2.45, 2.75) is 6.04 Å². The van der Waals surface area contributed by atoms with Crippen molar-refractivity contribution in [2.75, 3.05) is 47.1 Å². The minimum Gasteiger partial charge on any atom is -0.493 e. The SMILES string of the molecule is COc1ccc([C@H](CNC(=O)c2cnn(-c3ccccc3)n2)N2CCOCC2)cc1OC. The van der Waals surface area contributed by atoms with Crippen LogP contribution in [0.25, 0.3) is 5.69 Å². The molecular weight excluding hydrogens is 410 g/mol. The van der Waals surface area contributed by atoms with Gasteiger partial charge >= 0.3 is 0 Å². The summed E-state index contributed by atoms with van der Waals surface area (Å²) in [6, 6.07) is 15.3. The van der Waals surface area contributed by atoms with Crippen molar-refractivity contribution in [1.82, 2.24) is 25.2 Å². The number of para-hydroxylation sites is 1. The van der Waals surface area contributed by atoms with Gasteiger partial charge in [0, 0.05) is 19.6 Å². The number of methoxy groups -OCH3 is 2. The number of rotatable bonds is 8. The molecule has 1 saturated heterocycles. The Bertz CT molecular complexity index is 1030. The van der Waals surface area contributed by atoms with Gasteiger partial charge < -0.3 is 19.5 Å². The van der Waals surface area contributed by atoms with Crippen LogP contribution in [0.3, 0.4) is 0 Å². The van der Waals surface area contributed by atoms with E-state index in [0.717, 1.165) is 24.3 Å². The zero-order valence-electron chi connectivity index (χ0n) is 18.2. The van der Waals surface area contributed by atoms with Crippen LogP contribution < -0.4 is 14.8 Å². The molecule has 1 atom stereocenters. The highest BCUT2D eigenvalue weighted by Gasteiger charge is 2.25. The van der Waals surface area contributed by atoms with E-state index in [1.807, 2.05) is 48.5 Å². The third kappa shape index (κ3) is 4.90. The Labute approximate surface area is 186 Å². The summed E-state index contributed by atoms with van der Waals surface area (Å²) < 4.78 is 16.4. The second-order valence-electron chi connectivity index (χ2n) is 7.34. The third-order valence-electron chi connectivity index (χ3n) is 5.45. The first-order valence-corrected chi connectivity index (χ1v) is 10.5. The highest BCUT2D eigenvalue weighted by molar-refractivity contribution is 5.91. The third-order valence-corrected chi connectivity index (χ3v) is 5.45. The Balaban J connectivity index is 1.50. The number of amides is 1. The van der Waals surface area contributed by atoms with Gasteiger partial charge in [0.15, 0.2) is 17.2 Å². The van der Waals surface area contributed by atoms with Gasteiger partial charge in [-0.05, 0) is 29.8 Å². The van der Waals surface area contributed by atoms with Gasteiger partial charge in [0.1, 0.15) is 0 Å². The lowest BCUT2D eigenvalue weighted by molar-refractivity contribution is 0.0161. The van der Waals surface area contributed by atoms with Crippen LogP contribution >= 0.6 is 0 Å². The van der Waals surface area contributed by atoms with Gasteiger partial charge in [0.25, 0.3) is 5.91 Å². The van der Waals surface area contributed by atoms with Crippen molar-refractivity contribution in [1.29, 1.82) is 0 Å². The van der Waals surface area contributed by atoms with Crippen LogP contribution in [-0.2, 0) is 4.74 Å². The van der Waals surface area contributed by atoms with Crippen LogP contribution in [0.2, 0.25) is 0 Å². The quantitative estimate of drug-likeness (QED) is 0.577. The molecule has 0 aliphatic carbocycles. The molecule has 0 unspecified atom stereocenters. The zero-order valence-corrected chi connectivity index (χ0v) is 18.2. The molecule has 1 aliphatic rings. The first-order valence-electron chi connectivity index (χ1n) is 10.5. The number of carbonyl (C=O) groups is 1. The molecule has 9 nitrogen and oxygen atoms in total. The summed E-state index contributed by atoms with van der Waals surface area (Å²) in [7, 11) is 3.23. The molecular formula is C23H27N5O4. The van der Waals surface area contributed by atoms with Gasteiger partial charge in [-0.15, -0.1) is 5.10 Å². The molecule has 4 rings (SSSR count). The van der Waals surface area contributed by atoms with E-state index in [2.05, 4.69) is 20.4 Å². The summed E-state index contributed by atoms with van der Waals surface area (Å²) in [5.41, 5.74) is 2.09. The molecule has 9 heteroatoms. The zero-order chi connectivity index (χ0) is 22.3. The van der Waals surface area contributed by atoms with Gasteiger partial charge in [-0.1, -0.05) is 24.3 Å². The smallest absolute Gasteiger partial charge is 0.273 e. The number of hydrogen-bond acceptors (Lipinski definition) is 7. The highest BCUT2D eigenvalue weighted by atomic mass is 16.5. The van der Waals surface area contributed by atoms with Crippen molar-refractivity contribution in [3.05, 3.63) is 66.0 Å². The van der Waals surface area contributed by atoms with Crippen LogP contribution in [0.4, 0.5) is 0 Å². The van der Waals surface area contributed by atoms with Gasteiger partial charge in [0.2, 0.25) is 0 Å². The standard InChI is InChI=1S/C23H27N5O4/c1-30-21-9-8-17(14-22(21)31-2)20(27-10-12-32-13-11-27)16-24-23(29)19-15-25-28(26-19)18-6-4-3-5-7-18/h3-9,14-15,20H,10-13,16H2,1-2H3,(H,24,29)/t20-/m0/s1. The first-order chi connectivity index (χ1) is 15.7. The average Bonchev–Trinajstić information content (AvgIpc) is 3.36. The lowest BCUT2D eigenvalue weighted by Gasteiger charge is -2.35. The van der Waals surface area contributed by atoms with Crippen molar-refractivity contribution in [3.8, 4) is 17.2 Å². The minimum absolute atomic E-state index is 0.0492. The second-order valence-corrected chi connectivity index (χ2v) is 7.34. The normalized spacial score (nSPS) is 15.2. The predicted molar refractivity (Wildman–Crippen MR) is 118 cm³/mol. The lowest BCUT2D eigenvalue weighted by Crippen LogP contribution is -2.43. The van der Waals surface area contributed by atoms with E-state index in [-0.39, 0.29) is 17.6 Å². The van der Waals surface area contributed by atoms with Crippen LogP contribution in [-0.4, -0.2) is 72.9 Å². The van der Waals surface area contributed by atoms with E-state index in [0.29, 0.717) is 31.3 Å². The fourth-order valence-electron chi connectivity index (χ4n) is 3.74. The molecule has 0 radical (unpaired) electrons. The molecule has 3 aromatic rings. The lowest BCUT2D eigenvalue weighted by atomic mass is 10.0. The van der Waals surface area contributed by atoms with Gasteiger partial charge in [-0.3, -0.25) is 9.69 Å². The molecule has 1 N–H and O–H groups in total. The van der Waals surface area contributed by atoms with Crippen LogP contribution in [0.15, 0.2) is 54.7 Å². The molecule has 0 spiro atoms. The van der Waals surface area contributed by atoms with Gasteiger partial charge in [0.05, 0.1) is 45.4 Å². The Morgan fingerprint density at radius 3 is 2.56 bits per heavy atom. The number of ether oxygens (including phenoxy) is 3. The molecule has 32 heavy (non-hydrogen) atoms. The number of hydrogen-bond donors (Lipinski definition) is 1. The van der Waals surface area contributed by atoms with Crippen molar-refractivity contribution < 1.29 is 19.0 Å². The molecule has 1 aliphatic heterocycles. The summed E-state index contributed by atoms with van der Waals surface area (Å²) >= 11 is 0. The molecule has 2 heterocycles. The van der Waals surface area contributed by atoms with Gasteiger partial charge in [-0.2, -0.15) is 9.90 Å². The number of carbonyl (C=O) groups excluding carboxylic acids is 1. The van der Waals surface area contributed by atoms with Gasteiger partial charge in [-0.25, -0.2) is 0 Å². The molecule has 2 aromatic carbocycles. The largest absolute Gasteiger partial charge is 0.493 e. The summed E-state index contributed by atoms with van der Waals surface area (Å²) in [4.78, 5) is 16.6. The van der Waals surface area contributed by atoms with Crippen molar-refractivity contribution in [3.63, 3.8) is 0 Å². The fraction of sp³-hybridized carbons (Fsp3) is 0.348. The summed E-state index contributed by atoms with van der Waals surface area (Å²) in [5.74, 6) is 1.05. The molecule has 168 valence electrons. The Morgan fingerprint density at radius 1 is 1.09 bits per heavy atom. The van der Waals surface area contributed by atoms with E-state index >= 15 is 0 Å². The van der Waals surface area contributed by atoms with Crippen LogP contribution in [0.5, 0.6) is 11.5 Å². The van der Waals surface area contributed by atoms with Crippen LogP contribution in [0, 0.1) is 0 Å². The fourth-order valence-corrected chi connectivity index (χ4v) is 3.74. The number of aromatic nitrogens is 3. The molecule has 0 bridgehead atoms. The summed E-state index contributed by atoms with van der Waals surface area (Å²) in [6.07, 6.45) is 1.47. The van der Waals surface area contributed by atoms with E-state index < -0.39 is 0 Å². The maximum atomic E-state index is 12.8. The maximum Gasteiger partial charge on any atom is 0.273 e. The van der Waals surface area contributed by atoms with E-state index in [1.165, 1.54) is 11.0 Å². The maximum absolute atomic E-state index is 12.8.